The molecule has 0 bridgehead atoms. The van der Waals surface area contributed by atoms with Gasteiger partial charge in [-0.3, -0.25) is 4.79 Å². The number of nitrogens with zero attached hydrogens (tertiary/aromatic N) is 4. The van der Waals surface area contributed by atoms with Crippen LogP contribution in [0, 0.1) is 0 Å². The van der Waals surface area contributed by atoms with Crippen LogP contribution in [0.2, 0.25) is 0 Å². The van der Waals surface area contributed by atoms with E-state index in [2.05, 4.69) is 19.8 Å². The molecule has 0 atom stereocenters. The third-order valence-electron chi connectivity index (χ3n) is 6.66. The van der Waals surface area contributed by atoms with Crippen molar-refractivity contribution in [3.8, 4) is 34.0 Å². The molecule has 4 heterocycles. The molecule has 9 nitrogen and oxygen atoms in total. The molecule has 2 aromatic heterocycles. The minimum atomic E-state index is -0.286. The highest BCUT2D eigenvalue weighted by molar-refractivity contribution is 7.15. The minimum absolute atomic E-state index is 0.117. The number of phenolic OH excluding ortho intramolecular Hbond substituents is 2. The van der Waals surface area contributed by atoms with Gasteiger partial charge in [0.15, 0.2) is 10.0 Å². The molecule has 2 aromatic carbocycles. The summed E-state index contributed by atoms with van der Waals surface area (Å²) >= 11 is 2.43. The van der Waals surface area contributed by atoms with Gasteiger partial charge >= 0.3 is 0 Å². The number of hydrogen-bond acceptors (Lipinski definition) is 11. The number of carbonyl (C=O) groups excluding carboxylic acids is 1. The molecular formula is C27H26N4O5S2. The Hall–Kier alpha value is -3.51. The van der Waals surface area contributed by atoms with Crippen molar-refractivity contribution in [2.75, 3.05) is 62.4 Å². The summed E-state index contributed by atoms with van der Waals surface area (Å²) in [5.41, 5.74) is 4.08. The van der Waals surface area contributed by atoms with Gasteiger partial charge in [0.05, 0.1) is 37.8 Å². The Morgan fingerprint density at radius 2 is 1.13 bits per heavy atom. The number of carbonyl (C=O) groups is 1. The van der Waals surface area contributed by atoms with E-state index in [1.807, 2.05) is 24.3 Å². The van der Waals surface area contributed by atoms with Crippen LogP contribution in [0.3, 0.4) is 0 Å². The van der Waals surface area contributed by atoms with Crippen molar-refractivity contribution in [3.05, 3.63) is 57.2 Å². The lowest BCUT2D eigenvalue weighted by atomic mass is 10.1. The van der Waals surface area contributed by atoms with Crippen LogP contribution in [-0.2, 0) is 9.47 Å². The molecule has 6 rings (SSSR count). The predicted octanol–water partition coefficient (Wildman–Crippen LogP) is 4.25. The summed E-state index contributed by atoms with van der Waals surface area (Å²) in [5, 5.41) is 25.5. The molecule has 2 saturated heterocycles. The zero-order valence-electron chi connectivity index (χ0n) is 20.5. The molecule has 0 saturated carbocycles. The average molecular weight is 551 g/mol. The van der Waals surface area contributed by atoms with E-state index < -0.39 is 0 Å². The summed E-state index contributed by atoms with van der Waals surface area (Å²) in [5.74, 6) is -0.0528. The summed E-state index contributed by atoms with van der Waals surface area (Å²) in [7, 11) is 0. The molecule has 4 aromatic rings. The van der Waals surface area contributed by atoms with E-state index in [-0.39, 0.29) is 17.3 Å². The normalized spacial score (nSPS) is 16.1. The minimum Gasteiger partial charge on any atom is -0.507 e. The summed E-state index contributed by atoms with van der Waals surface area (Å²) in [6.07, 6.45) is 0. The molecule has 0 aliphatic carbocycles. The second kappa shape index (κ2) is 10.7. The van der Waals surface area contributed by atoms with Crippen molar-refractivity contribution in [3.63, 3.8) is 0 Å². The topological polar surface area (TPSA) is 108 Å². The number of anilines is 2. The zero-order valence-corrected chi connectivity index (χ0v) is 22.1. The molecule has 2 aliphatic heterocycles. The highest BCUT2D eigenvalue weighted by Crippen LogP contribution is 2.36. The SMILES string of the molecule is O=C(c1nc(-c2ccc(N3CCOCC3)cc2O)cs1)c1nc(-c2ccc(N3CCOCC3)cc2O)cs1. The van der Waals surface area contributed by atoms with Gasteiger partial charge in [0, 0.05) is 71.6 Å². The van der Waals surface area contributed by atoms with E-state index in [0.717, 1.165) is 37.6 Å². The first-order chi connectivity index (χ1) is 18.6. The van der Waals surface area contributed by atoms with Gasteiger partial charge in [-0.2, -0.15) is 0 Å². The van der Waals surface area contributed by atoms with Crippen molar-refractivity contribution in [2.24, 2.45) is 0 Å². The summed E-state index contributed by atoms with van der Waals surface area (Å²) in [4.78, 5) is 26.5. The maximum atomic E-state index is 13.2. The highest BCUT2D eigenvalue weighted by Gasteiger charge is 2.21. The molecule has 196 valence electrons. The Morgan fingerprint density at radius 3 is 1.53 bits per heavy atom. The van der Waals surface area contributed by atoms with Crippen molar-refractivity contribution in [1.82, 2.24) is 9.97 Å². The molecule has 0 amide bonds. The Morgan fingerprint density at radius 1 is 0.711 bits per heavy atom. The number of ketones is 1. The van der Waals surface area contributed by atoms with Crippen LogP contribution in [0.4, 0.5) is 11.4 Å². The Labute approximate surface area is 227 Å². The number of hydrogen-bond donors (Lipinski definition) is 2. The smallest absolute Gasteiger partial charge is 0.250 e. The van der Waals surface area contributed by atoms with Crippen LogP contribution in [-0.4, -0.2) is 78.6 Å². The summed E-state index contributed by atoms with van der Waals surface area (Å²) in [6, 6.07) is 11.0. The Bertz CT molecular complexity index is 1350. The number of morpholine rings is 2. The number of aromatic nitrogens is 2. The molecule has 2 fully saturated rings. The first kappa shape index (κ1) is 24.8. The molecule has 11 heteroatoms. The first-order valence-electron chi connectivity index (χ1n) is 12.3. The van der Waals surface area contributed by atoms with Gasteiger partial charge in [0.25, 0.3) is 0 Å². The lowest BCUT2D eigenvalue weighted by Crippen LogP contribution is -2.36. The van der Waals surface area contributed by atoms with Gasteiger partial charge in [-0.15, -0.1) is 22.7 Å². The van der Waals surface area contributed by atoms with Crippen LogP contribution < -0.4 is 9.80 Å². The number of aromatic hydroxyl groups is 2. The maximum absolute atomic E-state index is 13.2. The van der Waals surface area contributed by atoms with E-state index in [4.69, 9.17) is 9.47 Å². The standard InChI is InChI=1S/C27H26N4O5S2/c32-23-13-17(30-5-9-35-10-6-30)1-3-19(23)21-15-37-26(28-21)25(34)27-29-22(16-38-27)20-4-2-18(14-24(20)33)31-7-11-36-12-8-31/h1-4,13-16,32-33H,5-12H2. The van der Waals surface area contributed by atoms with Crippen LogP contribution >= 0.6 is 22.7 Å². The molecule has 2 N–H and O–H groups in total. The first-order valence-corrected chi connectivity index (χ1v) is 14.1. The van der Waals surface area contributed by atoms with Gasteiger partial charge in [-0.1, -0.05) is 0 Å². The van der Waals surface area contributed by atoms with Gasteiger partial charge in [0.2, 0.25) is 5.78 Å². The Balaban J connectivity index is 1.18. The molecule has 0 radical (unpaired) electrons. The lowest BCUT2D eigenvalue weighted by molar-refractivity contribution is 0.103. The van der Waals surface area contributed by atoms with Crippen LogP contribution in [0.25, 0.3) is 22.5 Å². The van der Waals surface area contributed by atoms with Crippen molar-refractivity contribution < 1.29 is 24.5 Å². The monoisotopic (exact) mass is 550 g/mol. The van der Waals surface area contributed by atoms with E-state index >= 15 is 0 Å². The highest BCUT2D eigenvalue weighted by atomic mass is 32.1. The third kappa shape index (κ3) is 4.97. The van der Waals surface area contributed by atoms with Gasteiger partial charge in [-0.05, 0) is 24.3 Å². The van der Waals surface area contributed by atoms with E-state index in [9.17, 15) is 15.0 Å². The number of rotatable bonds is 6. The number of phenols is 2. The fraction of sp³-hybridized carbons (Fsp3) is 0.296. The molecular weight excluding hydrogens is 524 g/mol. The quantitative estimate of drug-likeness (QED) is 0.341. The summed E-state index contributed by atoms with van der Waals surface area (Å²) < 4.78 is 10.8. The molecule has 2 aliphatic rings. The van der Waals surface area contributed by atoms with E-state index in [1.165, 1.54) is 22.7 Å². The molecule has 38 heavy (non-hydrogen) atoms. The van der Waals surface area contributed by atoms with Crippen molar-refractivity contribution in [2.45, 2.75) is 0 Å². The average Bonchev–Trinajstić information content (AvgIpc) is 3.64. The van der Waals surface area contributed by atoms with Gasteiger partial charge < -0.3 is 29.5 Å². The van der Waals surface area contributed by atoms with E-state index in [1.54, 1.807) is 22.9 Å². The second-order valence-electron chi connectivity index (χ2n) is 9.01. The fourth-order valence-corrected chi connectivity index (χ4v) is 6.18. The number of thiazole rings is 2. The van der Waals surface area contributed by atoms with Crippen LogP contribution in [0.5, 0.6) is 11.5 Å². The third-order valence-corrected chi connectivity index (χ3v) is 8.35. The zero-order chi connectivity index (χ0) is 26.1. The van der Waals surface area contributed by atoms with Crippen LogP contribution in [0.1, 0.15) is 14.8 Å². The van der Waals surface area contributed by atoms with Gasteiger partial charge in [0.1, 0.15) is 11.5 Å². The largest absolute Gasteiger partial charge is 0.507 e. The van der Waals surface area contributed by atoms with Crippen molar-refractivity contribution in [1.29, 1.82) is 0 Å². The number of benzene rings is 2. The fourth-order valence-electron chi connectivity index (χ4n) is 4.60. The lowest BCUT2D eigenvalue weighted by Gasteiger charge is -2.29. The Kier molecular flexibility index (Phi) is 6.98. The van der Waals surface area contributed by atoms with E-state index in [0.29, 0.717) is 59.0 Å². The summed E-state index contributed by atoms with van der Waals surface area (Å²) in [6.45, 7) is 5.77. The number of ether oxygens (including phenoxy) is 2. The van der Waals surface area contributed by atoms with Gasteiger partial charge in [-0.25, -0.2) is 9.97 Å². The molecule has 0 unspecified atom stereocenters. The maximum Gasteiger partial charge on any atom is 0.250 e. The van der Waals surface area contributed by atoms with Crippen molar-refractivity contribution >= 4 is 39.8 Å². The predicted molar refractivity (Wildman–Crippen MR) is 148 cm³/mol. The van der Waals surface area contributed by atoms with Crippen LogP contribution in [0.15, 0.2) is 47.2 Å². The second-order valence-corrected chi connectivity index (χ2v) is 10.7. The molecule has 0 spiro atoms.